The third kappa shape index (κ3) is 2.63. The molecule has 112 valence electrons. The van der Waals surface area contributed by atoms with Gasteiger partial charge in [0.05, 0.1) is 0 Å². The summed E-state index contributed by atoms with van der Waals surface area (Å²) in [5.41, 5.74) is 6.66. The van der Waals surface area contributed by atoms with Crippen LogP contribution < -0.4 is 10.6 Å². The average Bonchev–Trinajstić information content (AvgIpc) is 2.91. The fraction of sp³-hybridized carbons (Fsp3) is 0.267. The molecule has 0 spiro atoms. The van der Waals surface area contributed by atoms with Gasteiger partial charge in [-0.05, 0) is 25.0 Å². The number of nitrogens with two attached hydrogens (primary N) is 1. The molecule has 2 aromatic rings. The minimum Gasteiger partial charge on any atom is -0.369 e. The van der Waals surface area contributed by atoms with E-state index in [-0.39, 0.29) is 17.9 Å². The van der Waals surface area contributed by atoms with Crippen LogP contribution >= 0.6 is 11.6 Å². The number of amides is 1. The smallest absolute Gasteiger partial charge is 0.241 e. The van der Waals surface area contributed by atoms with Crippen LogP contribution in [-0.2, 0) is 4.79 Å². The van der Waals surface area contributed by atoms with Crippen LogP contribution in [0, 0.1) is 17.4 Å². The first-order chi connectivity index (χ1) is 10.6. The van der Waals surface area contributed by atoms with E-state index < -0.39 is 0 Å². The molecule has 1 saturated carbocycles. The Morgan fingerprint density at radius 2 is 2.23 bits per heavy atom. The van der Waals surface area contributed by atoms with Crippen molar-refractivity contribution in [2.45, 2.75) is 18.9 Å². The number of carbonyl (C=O) groups excluding carboxylic acids is 1. The second-order valence-corrected chi connectivity index (χ2v) is 5.69. The summed E-state index contributed by atoms with van der Waals surface area (Å²) in [6, 6.07) is 8.82. The number of primary amides is 1. The van der Waals surface area contributed by atoms with Crippen molar-refractivity contribution in [3.8, 4) is 17.5 Å². The van der Waals surface area contributed by atoms with Gasteiger partial charge in [-0.15, -0.1) is 0 Å². The Labute approximate surface area is 132 Å². The fourth-order valence-electron chi connectivity index (χ4n) is 2.50. The summed E-state index contributed by atoms with van der Waals surface area (Å²) in [7, 11) is 0. The molecule has 0 bridgehead atoms. The number of hydrogen-bond acceptors (Lipinski definition) is 5. The van der Waals surface area contributed by atoms with Gasteiger partial charge >= 0.3 is 0 Å². The maximum Gasteiger partial charge on any atom is 0.241 e. The van der Waals surface area contributed by atoms with E-state index in [2.05, 4.69) is 11.3 Å². The standard InChI is InChI=1S/C15H13ClN4O2/c16-11-3-1-2-9(4-11)13-7-14(22-19-13)20(8-17)12-5-10(6-12)15(18)21/h1-4,7,10,12H,5-6H2,(H2,18,21). The number of aromatic nitrogens is 1. The SMILES string of the molecule is N#CN(c1cc(-c2cccc(Cl)c2)no1)C1CC(C(N)=O)C1. The Morgan fingerprint density at radius 3 is 2.86 bits per heavy atom. The van der Waals surface area contributed by atoms with Crippen molar-refractivity contribution >= 4 is 23.4 Å². The quantitative estimate of drug-likeness (QED) is 0.690. The zero-order chi connectivity index (χ0) is 15.7. The maximum absolute atomic E-state index is 11.1. The van der Waals surface area contributed by atoms with Crippen molar-refractivity contribution < 1.29 is 9.32 Å². The number of nitriles is 1. The predicted molar refractivity (Wildman–Crippen MR) is 80.7 cm³/mol. The third-order valence-electron chi connectivity index (χ3n) is 3.84. The Bertz CT molecular complexity index is 746. The molecule has 1 fully saturated rings. The molecule has 3 rings (SSSR count). The number of nitrogens with zero attached hydrogens (tertiary/aromatic N) is 3. The van der Waals surface area contributed by atoms with E-state index in [4.69, 9.17) is 21.9 Å². The van der Waals surface area contributed by atoms with Crippen molar-refractivity contribution in [3.63, 3.8) is 0 Å². The monoisotopic (exact) mass is 316 g/mol. The number of hydrogen-bond donors (Lipinski definition) is 1. The van der Waals surface area contributed by atoms with E-state index in [0.717, 1.165) is 5.56 Å². The molecule has 22 heavy (non-hydrogen) atoms. The summed E-state index contributed by atoms with van der Waals surface area (Å²) >= 11 is 5.95. The molecule has 1 amide bonds. The van der Waals surface area contributed by atoms with Crippen LogP contribution in [0.5, 0.6) is 0 Å². The van der Waals surface area contributed by atoms with E-state index in [0.29, 0.717) is 29.4 Å². The minimum absolute atomic E-state index is 0.0809. The summed E-state index contributed by atoms with van der Waals surface area (Å²) in [6.07, 6.45) is 3.18. The van der Waals surface area contributed by atoms with Crippen molar-refractivity contribution in [2.24, 2.45) is 11.7 Å². The van der Waals surface area contributed by atoms with Crippen LogP contribution in [0.2, 0.25) is 5.02 Å². The molecule has 1 aromatic heterocycles. The van der Waals surface area contributed by atoms with Gasteiger partial charge in [0, 0.05) is 28.6 Å². The topological polar surface area (TPSA) is 96.2 Å². The van der Waals surface area contributed by atoms with Crippen LogP contribution in [0.3, 0.4) is 0 Å². The third-order valence-corrected chi connectivity index (χ3v) is 4.08. The van der Waals surface area contributed by atoms with Crippen molar-refractivity contribution in [1.29, 1.82) is 5.26 Å². The van der Waals surface area contributed by atoms with Crippen LogP contribution in [0.25, 0.3) is 11.3 Å². The molecule has 1 aliphatic carbocycles. The largest absolute Gasteiger partial charge is 0.369 e. The van der Waals surface area contributed by atoms with Gasteiger partial charge < -0.3 is 10.3 Å². The molecule has 1 aromatic carbocycles. The first kappa shape index (κ1) is 14.4. The Kier molecular flexibility index (Phi) is 3.73. The molecule has 0 unspecified atom stereocenters. The van der Waals surface area contributed by atoms with Gasteiger partial charge in [-0.3, -0.25) is 4.79 Å². The number of benzene rings is 1. The molecule has 2 N–H and O–H groups in total. The molecular formula is C15H13ClN4O2. The van der Waals surface area contributed by atoms with E-state index in [1.165, 1.54) is 4.90 Å². The van der Waals surface area contributed by atoms with Gasteiger partial charge in [-0.25, -0.2) is 4.90 Å². The minimum atomic E-state index is -0.327. The van der Waals surface area contributed by atoms with E-state index in [1.54, 1.807) is 18.2 Å². The van der Waals surface area contributed by atoms with Gasteiger partial charge in [0.2, 0.25) is 11.8 Å². The van der Waals surface area contributed by atoms with E-state index in [1.807, 2.05) is 12.1 Å². The van der Waals surface area contributed by atoms with Gasteiger partial charge in [-0.2, -0.15) is 5.26 Å². The lowest BCUT2D eigenvalue weighted by atomic mass is 9.79. The fourth-order valence-corrected chi connectivity index (χ4v) is 2.70. The zero-order valence-corrected chi connectivity index (χ0v) is 12.3. The summed E-state index contributed by atoms with van der Waals surface area (Å²) in [5.74, 6) is -0.145. The van der Waals surface area contributed by atoms with Crippen LogP contribution in [0.1, 0.15) is 12.8 Å². The van der Waals surface area contributed by atoms with Crippen LogP contribution in [0.15, 0.2) is 34.9 Å². The number of anilines is 1. The van der Waals surface area contributed by atoms with E-state index in [9.17, 15) is 10.1 Å². The first-order valence-corrected chi connectivity index (χ1v) is 7.17. The Balaban J connectivity index is 1.78. The molecule has 0 saturated heterocycles. The highest BCUT2D eigenvalue weighted by molar-refractivity contribution is 6.30. The highest BCUT2D eigenvalue weighted by Crippen LogP contribution is 2.35. The molecule has 6 nitrogen and oxygen atoms in total. The predicted octanol–water partition coefficient (Wildman–Crippen LogP) is 2.55. The van der Waals surface area contributed by atoms with Crippen LogP contribution in [0.4, 0.5) is 5.88 Å². The summed E-state index contributed by atoms with van der Waals surface area (Å²) in [5, 5.41) is 13.9. The molecule has 0 radical (unpaired) electrons. The number of halogens is 1. The molecule has 0 aliphatic heterocycles. The lowest BCUT2D eigenvalue weighted by molar-refractivity contribution is -0.124. The summed E-state index contributed by atoms with van der Waals surface area (Å²) in [4.78, 5) is 12.5. The highest BCUT2D eigenvalue weighted by Gasteiger charge is 2.38. The normalized spacial score (nSPS) is 20.0. The van der Waals surface area contributed by atoms with Gasteiger partial charge in [0.15, 0.2) is 6.19 Å². The van der Waals surface area contributed by atoms with Crippen LogP contribution in [-0.4, -0.2) is 17.1 Å². The lowest BCUT2D eigenvalue weighted by Gasteiger charge is -2.36. The molecule has 7 heteroatoms. The average molecular weight is 317 g/mol. The molecule has 1 heterocycles. The van der Waals surface area contributed by atoms with Crippen molar-refractivity contribution in [1.82, 2.24) is 5.16 Å². The highest BCUT2D eigenvalue weighted by atomic mass is 35.5. The number of carbonyl (C=O) groups is 1. The van der Waals surface area contributed by atoms with Crippen molar-refractivity contribution in [2.75, 3.05) is 4.90 Å². The zero-order valence-electron chi connectivity index (χ0n) is 11.6. The Morgan fingerprint density at radius 1 is 1.45 bits per heavy atom. The van der Waals surface area contributed by atoms with Crippen molar-refractivity contribution in [3.05, 3.63) is 35.4 Å². The Hall–Kier alpha value is -2.52. The second-order valence-electron chi connectivity index (χ2n) is 5.26. The second kappa shape index (κ2) is 5.70. The molecule has 1 aliphatic rings. The van der Waals surface area contributed by atoms with Gasteiger partial charge in [0.25, 0.3) is 0 Å². The van der Waals surface area contributed by atoms with Gasteiger partial charge in [-0.1, -0.05) is 28.9 Å². The summed E-state index contributed by atoms with van der Waals surface area (Å²) < 4.78 is 5.26. The maximum atomic E-state index is 11.1. The number of rotatable bonds is 4. The first-order valence-electron chi connectivity index (χ1n) is 6.79. The summed E-state index contributed by atoms with van der Waals surface area (Å²) in [6.45, 7) is 0. The lowest BCUT2D eigenvalue weighted by Crippen LogP contribution is -2.46. The van der Waals surface area contributed by atoms with E-state index >= 15 is 0 Å². The molecule has 0 atom stereocenters. The molecular weight excluding hydrogens is 304 g/mol. The van der Waals surface area contributed by atoms with Gasteiger partial charge in [0.1, 0.15) is 5.69 Å².